The van der Waals surface area contributed by atoms with E-state index >= 15 is 0 Å². The van der Waals surface area contributed by atoms with Crippen molar-refractivity contribution in [3.05, 3.63) is 54.3 Å². The Morgan fingerprint density at radius 1 is 1.11 bits per heavy atom. The van der Waals surface area contributed by atoms with Gasteiger partial charge in [0.2, 0.25) is 0 Å². The third kappa shape index (κ3) is 5.89. The number of ether oxygens (including phenoxy) is 1. The Morgan fingerprint density at radius 3 is 2.54 bits per heavy atom. The summed E-state index contributed by atoms with van der Waals surface area (Å²) in [6.45, 7) is 3.65. The van der Waals surface area contributed by atoms with Gasteiger partial charge in [-0.15, -0.1) is 0 Å². The van der Waals surface area contributed by atoms with Gasteiger partial charge in [0.15, 0.2) is 15.7 Å². The molecule has 2 N–H and O–H groups in total. The second-order valence-corrected chi connectivity index (χ2v) is 11.4. The Bertz CT molecular complexity index is 1430. The molecule has 1 aliphatic heterocycles. The molecule has 37 heavy (non-hydrogen) atoms. The normalized spacial score (nSPS) is 17.9. The van der Waals surface area contributed by atoms with E-state index in [2.05, 4.69) is 20.5 Å². The van der Waals surface area contributed by atoms with Crippen molar-refractivity contribution in [2.45, 2.75) is 36.7 Å². The molecule has 0 spiro atoms. The molecule has 3 aromatic rings. The van der Waals surface area contributed by atoms with E-state index in [0.29, 0.717) is 48.3 Å². The summed E-state index contributed by atoms with van der Waals surface area (Å²) in [7, 11) is -3.65. The van der Waals surface area contributed by atoms with Crippen LogP contribution in [-0.2, 0) is 14.6 Å². The van der Waals surface area contributed by atoms with Crippen molar-refractivity contribution >= 4 is 27.4 Å². The van der Waals surface area contributed by atoms with Gasteiger partial charge < -0.3 is 20.3 Å². The van der Waals surface area contributed by atoms with Crippen LogP contribution in [0, 0.1) is 5.82 Å². The summed E-state index contributed by atoms with van der Waals surface area (Å²) >= 11 is 0. The van der Waals surface area contributed by atoms with Gasteiger partial charge in [0, 0.05) is 41.7 Å². The smallest absolute Gasteiger partial charge is 0.319 e. The maximum atomic E-state index is 14.3. The van der Waals surface area contributed by atoms with E-state index in [0.717, 1.165) is 25.2 Å². The lowest BCUT2D eigenvalue weighted by atomic mass is 10.1. The number of nitrogens with one attached hydrogen (secondary N) is 2. The number of urea groups is 1. The Kier molecular flexibility index (Phi) is 6.82. The molecule has 194 valence electrons. The van der Waals surface area contributed by atoms with Crippen LogP contribution in [0.1, 0.15) is 19.8 Å². The van der Waals surface area contributed by atoms with E-state index in [1.807, 2.05) is 6.92 Å². The van der Waals surface area contributed by atoms with E-state index in [9.17, 15) is 17.6 Å². The summed E-state index contributed by atoms with van der Waals surface area (Å²) in [5, 5.41) is 5.68. The molecule has 1 aromatic heterocycles. The lowest BCUT2D eigenvalue weighted by Crippen LogP contribution is -2.44. The number of benzene rings is 2. The van der Waals surface area contributed by atoms with Crippen LogP contribution in [0.15, 0.2) is 53.4 Å². The van der Waals surface area contributed by atoms with Gasteiger partial charge in [-0.05, 0) is 62.2 Å². The minimum atomic E-state index is -3.65. The summed E-state index contributed by atoms with van der Waals surface area (Å²) in [5.41, 5.74) is 1.74. The molecule has 1 saturated heterocycles. The van der Waals surface area contributed by atoms with Gasteiger partial charge in [0.25, 0.3) is 0 Å². The van der Waals surface area contributed by atoms with Gasteiger partial charge >= 0.3 is 6.03 Å². The largest absolute Gasteiger partial charge is 0.377 e. The first kappa shape index (κ1) is 25.1. The van der Waals surface area contributed by atoms with Crippen LogP contribution >= 0.6 is 0 Å². The maximum Gasteiger partial charge on any atom is 0.319 e. The zero-order chi connectivity index (χ0) is 26.2. The van der Waals surface area contributed by atoms with Gasteiger partial charge in [0.05, 0.1) is 29.8 Å². The molecular formula is C26H28FN5O4S. The number of hydrogen-bond donors (Lipinski definition) is 2. The van der Waals surface area contributed by atoms with Crippen LogP contribution in [-0.4, -0.2) is 62.5 Å². The van der Waals surface area contributed by atoms with Crippen LogP contribution < -0.4 is 15.5 Å². The van der Waals surface area contributed by atoms with Gasteiger partial charge in [-0.25, -0.2) is 27.6 Å². The SMILES string of the molecule is C[C@H]1COCCN1c1cc(-c2cc(F)ccc2S(C)(=O)=O)nc(-c2ccc(NC(=O)NC3CC3)cc2)n1. The predicted molar refractivity (Wildman–Crippen MR) is 139 cm³/mol. The summed E-state index contributed by atoms with van der Waals surface area (Å²) in [6, 6.07) is 12.3. The summed E-state index contributed by atoms with van der Waals surface area (Å²) in [4.78, 5) is 23.5. The molecule has 1 aliphatic carbocycles. The number of amides is 2. The highest BCUT2D eigenvalue weighted by Gasteiger charge is 2.25. The highest BCUT2D eigenvalue weighted by Crippen LogP contribution is 2.32. The van der Waals surface area contributed by atoms with E-state index in [4.69, 9.17) is 9.72 Å². The fourth-order valence-electron chi connectivity index (χ4n) is 4.22. The monoisotopic (exact) mass is 525 g/mol. The summed E-state index contributed by atoms with van der Waals surface area (Å²) < 4.78 is 44.8. The van der Waals surface area contributed by atoms with Crippen molar-refractivity contribution in [1.29, 1.82) is 0 Å². The average Bonchev–Trinajstić information content (AvgIpc) is 3.67. The molecule has 9 nitrogen and oxygen atoms in total. The van der Waals surface area contributed by atoms with Crippen molar-refractivity contribution in [1.82, 2.24) is 15.3 Å². The topological polar surface area (TPSA) is 114 Å². The Hall–Kier alpha value is -3.57. The minimum Gasteiger partial charge on any atom is -0.377 e. The van der Waals surface area contributed by atoms with E-state index in [1.54, 1.807) is 30.3 Å². The van der Waals surface area contributed by atoms with Crippen molar-refractivity contribution < 1.29 is 22.3 Å². The number of hydrogen-bond acceptors (Lipinski definition) is 7. The zero-order valence-corrected chi connectivity index (χ0v) is 21.4. The highest BCUT2D eigenvalue weighted by atomic mass is 32.2. The molecule has 11 heteroatoms. The van der Waals surface area contributed by atoms with E-state index < -0.39 is 15.7 Å². The number of carbonyl (C=O) groups excluding carboxylic acids is 1. The number of aromatic nitrogens is 2. The van der Waals surface area contributed by atoms with Crippen molar-refractivity contribution in [3.63, 3.8) is 0 Å². The van der Waals surface area contributed by atoms with E-state index in [-0.39, 0.29) is 28.6 Å². The molecule has 2 aromatic carbocycles. The van der Waals surface area contributed by atoms with Gasteiger partial charge in [-0.3, -0.25) is 0 Å². The molecule has 0 bridgehead atoms. The molecule has 5 rings (SSSR count). The molecular weight excluding hydrogens is 497 g/mol. The number of halogens is 1. The minimum absolute atomic E-state index is 0.0132. The number of sulfone groups is 1. The van der Waals surface area contributed by atoms with Crippen LogP contribution in [0.3, 0.4) is 0 Å². The van der Waals surface area contributed by atoms with Crippen LogP contribution in [0.4, 0.5) is 20.7 Å². The lowest BCUT2D eigenvalue weighted by Gasteiger charge is -2.34. The van der Waals surface area contributed by atoms with Gasteiger partial charge in [-0.2, -0.15) is 0 Å². The molecule has 2 aliphatic rings. The Balaban J connectivity index is 1.56. The molecule has 2 amide bonds. The molecule has 1 saturated carbocycles. The first-order chi connectivity index (χ1) is 17.7. The third-order valence-corrected chi connectivity index (χ3v) is 7.46. The molecule has 1 atom stereocenters. The van der Waals surface area contributed by atoms with Crippen molar-refractivity contribution in [2.24, 2.45) is 0 Å². The van der Waals surface area contributed by atoms with Crippen molar-refractivity contribution in [2.75, 3.05) is 36.2 Å². The molecule has 2 heterocycles. The second kappa shape index (κ2) is 10.1. The van der Waals surface area contributed by atoms with Crippen LogP contribution in [0.25, 0.3) is 22.6 Å². The zero-order valence-electron chi connectivity index (χ0n) is 20.6. The van der Waals surface area contributed by atoms with Crippen molar-refractivity contribution in [3.8, 4) is 22.6 Å². The first-order valence-corrected chi connectivity index (χ1v) is 14.0. The van der Waals surface area contributed by atoms with E-state index in [1.165, 1.54) is 12.1 Å². The highest BCUT2D eigenvalue weighted by molar-refractivity contribution is 7.90. The fourth-order valence-corrected chi connectivity index (χ4v) is 5.10. The molecule has 0 radical (unpaired) electrons. The number of rotatable bonds is 6. The summed E-state index contributed by atoms with van der Waals surface area (Å²) in [6.07, 6.45) is 3.08. The molecule has 0 unspecified atom stereocenters. The maximum absolute atomic E-state index is 14.3. The number of morpholine rings is 1. The fraction of sp³-hybridized carbons (Fsp3) is 0.346. The average molecular weight is 526 g/mol. The second-order valence-electron chi connectivity index (χ2n) is 9.42. The van der Waals surface area contributed by atoms with Gasteiger partial charge in [-0.1, -0.05) is 0 Å². The standard InChI is InChI=1S/C26H28FN5O4S/c1-16-15-36-12-11-32(16)24-14-22(21-13-18(27)5-10-23(21)37(2,34)35)30-25(31-24)17-3-6-19(7-4-17)28-26(33)29-20-8-9-20/h3-7,10,13-14,16,20H,8-9,11-12,15H2,1-2H3,(H2,28,29,33)/t16-/m0/s1. The Morgan fingerprint density at radius 2 is 1.86 bits per heavy atom. The quantitative estimate of drug-likeness (QED) is 0.470. The van der Waals surface area contributed by atoms with Crippen LogP contribution in [0.5, 0.6) is 0 Å². The number of carbonyl (C=O) groups is 1. The molecule has 2 fully saturated rings. The number of nitrogens with zero attached hydrogens (tertiary/aromatic N) is 3. The summed E-state index contributed by atoms with van der Waals surface area (Å²) in [5.74, 6) is 0.373. The van der Waals surface area contributed by atoms with Gasteiger partial charge in [0.1, 0.15) is 11.6 Å². The first-order valence-electron chi connectivity index (χ1n) is 12.1. The predicted octanol–water partition coefficient (Wildman–Crippen LogP) is 3.86. The third-order valence-electron chi connectivity index (χ3n) is 6.31. The Labute approximate surface area is 215 Å². The number of anilines is 2. The lowest BCUT2D eigenvalue weighted by molar-refractivity contribution is 0.0985. The van der Waals surface area contributed by atoms with Crippen LogP contribution in [0.2, 0.25) is 0 Å².